The van der Waals surface area contributed by atoms with Crippen LogP contribution in [-0.4, -0.2) is 109 Å². The molecule has 0 aliphatic carbocycles. The number of amides is 1. The van der Waals surface area contributed by atoms with Gasteiger partial charge in [0.1, 0.15) is 17.8 Å². The van der Waals surface area contributed by atoms with Crippen LogP contribution < -0.4 is 10.1 Å². The van der Waals surface area contributed by atoms with Gasteiger partial charge in [0.15, 0.2) is 6.29 Å². The van der Waals surface area contributed by atoms with E-state index in [2.05, 4.69) is 5.32 Å². The van der Waals surface area contributed by atoms with Gasteiger partial charge in [-0.05, 0) is 54.5 Å². The van der Waals surface area contributed by atoms with Crippen molar-refractivity contribution in [2.75, 3.05) is 40.0 Å². The molecular formula is C31H45N2O12PS. The number of carbonyl (C=O) groups is 1. The monoisotopic (exact) mass is 700 g/mol. The molecule has 262 valence electrons. The number of methoxy groups -OCH3 is 1. The Morgan fingerprint density at radius 3 is 2.49 bits per heavy atom. The highest BCUT2D eigenvalue weighted by atomic mass is 32.2. The van der Waals surface area contributed by atoms with Crippen LogP contribution in [-0.2, 0) is 35.4 Å². The number of carbonyl (C=O) groups excluding carboxylic acids is 1. The topological polar surface area (TPSA) is 194 Å². The Morgan fingerprint density at radius 2 is 1.83 bits per heavy atom. The lowest BCUT2D eigenvalue weighted by Crippen LogP contribution is -2.52. The third kappa shape index (κ3) is 11.0. The van der Waals surface area contributed by atoms with Gasteiger partial charge in [-0.15, -0.1) is 0 Å². The zero-order valence-electron chi connectivity index (χ0n) is 26.7. The van der Waals surface area contributed by atoms with Crippen molar-refractivity contribution >= 4 is 29.7 Å². The fraction of sp³-hybridized carbons (Fsp3) is 0.548. The molecular weight excluding hydrogens is 655 g/mol. The average Bonchev–Trinajstić information content (AvgIpc) is 3.64. The summed E-state index contributed by atoms with van der Waals surface area (Å²) >= 11 is 0. The number of nitrogens with zero attached hydrogens (tertiary/aromatic N) is 1. The molecule has 1 unspecified atom stereocenters. The molecule has 0 bridgehead atoms. The van der Waals surface area contributed by atoms with Crippen LogP contribution in [0.2, 0.25) is 0 Å². The van der Waals surface area contributed by atoms with Crippen molar-refractivity contribution in [1.29, 1.82) is 0 Å². The predicted molar refractivity (Wildman–Crippen MR) is 173 cm³/mol. The lowest BCUT2D eigenvalue weighted by molar-refractivity contribution is -0.0907. The molecule has 0 radical (unpaired) electrons. The molecule has 2 aliphatic heterocycles. The minimum absolute atomic E-state index is 0.0251. The van der Waals surface area contributed by atoms with E-state index in [-0.39, 0.29) is 50.0 Å². The fourth-order valence-electron chi connectivity index (χ4n) is 5.55. The molecule has 2 heterocycles. The molecule has 5 N–H and O–H groups in total. The van der Waals surface area contributed by atoms with E-state index in [1.807, 2.05) is 30.3 Å². The Balaban J connectivity index is 1.55. The van der Waals surface area contributed by atoms with E-state index in [9.17, 15) is 18.3 Å². The number of hydrogen-bond acceptors (Lipinski definition) is 12. The molecule has 47 heavy (non-hydrogen) atoms. The van der Waals surface area contributed by atoms with Crippen molar-refractivity contribution < 1.29 is 56.7 Å². The lowest BCUT2D eigenvalue weighted by Gasteiger charge is -2.35. The van der Waals surface area contributed by atoms with Crippen molar-refractivity contribution in [2.45, 2.75) is 62.5 Å². The molecule has 5 atom stereocenters. The summed E-state index contributed by atoms with van der Waals surface area (Å²) in [6.45, 7) is 3.78. The van der Waals surface area contributed by atoms with E-state index in [4.69, 9.17) is 38.4 Å². The van der Waals surface area contributed by atoms with Crippen molar-refractivity contribution in [3.05, 3.63) is 60.2 Å². The third-order valence-electron chi connectivity index (χ3n) is 8.11. The zero-order chi connectivity index (χ0) is 34.2. The first-order chi connectivity index (χ1) is 22.2. The highest BCUT2D eigenvalue weighted by Crippen LogP contribution is 2.33. The van der Waals surface area contributed by atoms with E-state index in [1.165, 1.54) is 31.4 Å². The molecule has 0 spiro atoms. The molecule has 2 fully saturated rings. The van der Waals surface area contributed by atoms with E-state index in [1.54, 1.807) is 13.8 Å². The summed E-state index contributed by atoms with van der Waals surface area (Å²) in [5.41, 5.74) is 0.0530. The van der Waals surface area contributed by atoms with Gasteiger partial charge in [0, 0.05) is 13.1 Å². The molecule has 2 aliphatic rings. The number of ether oxygens (including phenoxy) is 5. The second kappa shape index (κ2) is 16.2. The minimum atomic E-state index is -4.24. The molecule has 2 saturated heterocycles. The second-order valence-corrected chi connectivity index (χ2v) is 15.8. The normalized spacial score (nSPS) is 21.2. The number of nitrogens with one attached hydrogen (secondary N) is 1. The maximum absolute atomic E-state index is 14.0. The minimum Gasteiger partial charge on any atom is -0.497 e. The molecule has 2 aromatic rings. The molecule has 16 heteroatoms. The van der Waals surface area contributed by atoms with Gasteiger partial charge in [-0.3, -0.25) is 0 Å². The summed E-state index contributed by atoms with van der Waals surface area (Å²) in [4.78, 5) is 40.6. The van der Waals surface area contributed by atoms with E-state index in [0.717, 1.165) is 9.87 Å². The molecule has 1 amide bonds. The first-order valence-electron chi connectivity index (χ1n) is 15.3. The van der Waals surface area contributed by atoms with Crippen LogP contribution in [0.5, 0.6) is 5.75 Å². The van der Waals surface area contributed by atoms with Gasteiger partial charge >= 0.3 is 6.09 Å². The number of alkyl carbamates (subject to hydrolysis) is 1. The van der Waals surface area contributed by atoms with Crippen LogP contribution in [0.15, 0.2) is 59.5 Å². The first kappa shape index (κ1) is 37.3. The fourth-order valence-corrected chi connectivity index (χ4v) is 7.50. The smallest absolute Gasteiger partial charge is 0.407 e. The van der Waals surface area contributed by atoms with Gasteiger partial charge in [0.25, 0.3) is 7.57 Å². The summed E-state index contributed by atoms with van der Waals surface area (Å²) < 4.78 is 56.3. The number of benzene rings is 2. The van der Waals surface area contributed by atoms with Crippen molar-refractivity contribution in [3.63, 3.8) is 0 Å². The highest BCUT2D eigenvalue weighted by molar-refractivity contribution is 7.89. The summed E-state index contributed by atoms with van der Waals surface area (Å²) in [7, 11) is -6.96. The van der Waals surface area contributed by atoms with Gasteiger partial charge in [0.2, 0.25) is 10.0 Å². The van der Waals surface area contributed by atoms with Gasteiger partial charge in [-0.2, -0.15) is 4.31 Å². The lowest BCUT2D eigenvalue weighted by atomic mass is 9.89. The van der Waals surface area contributed by atoms with Crippen LogP contribution in [0.25, 0.3) is 0 Å². The largest absolute Gasteiger partial charge is 0.497 e. The first-order valence-corrected chi connectivity index (χ1v) is 18.4. The number of aliphatic hydroxyl groups excluding tert-OH is 1. The van der Waals surface area contributed by atoms with Gasteiger partial charge < -0.3 is 48.8 Å². The number of fused-ring (bicyclic) bond motifs is 1. The second-order valence-electron chi connectivity index (χ2n) is 12.5. The standard InChI is InChI=1S/C31H45N2O12PS/c1-31(2,14-16-42-21-46(36,37)38)20-33(47(39,40)24-11-9-23(41-3)10-12-24)18-27(34)26(17-22-7-5-4-6-8-22)32-30(35)45-28-19-44-29-25(28)13-15-43-29/h4-12,21,25-29,34,36-38H,13-20H2,1-3H3,(H,32,35)/t25-,26-,27+,28?,29+/m0/s1. The Kier molecular flexibility index (Phi) is 12.9. The summed E-state index contributed by atoms with van der Waals surface area (Å²) in [5, 5.41) is 14.4. The zero-order valence-corrected chi connectivity index (χ0v) is 28.4. The predicted octanol–water partition coefficient (Wildman–Crippen LogP) is 2.08. The van der Waals surface area contributed by atoms with Gasteiger partial charge in [0.05, 0.1) is 49.9 Å². The maximum Gasteiger partial charge on any atom is 0.407 e. The summed E-state index contributed by atoms with van der Waals surface area (Å²) in [5.74, 6) is 0.945. The molecule has 14 nitrogen and oxygen atoms in total. The highest BCUT2D eigenvalue weighted by Gasteiger charge is 2.44. The van der Waals surface area contributed by atoms with E-state index in [0.29, 0.717) is 24.8 Å². The van der Waals surface area contributed by atoms with Crippen LogP contribution in [0.4, 0.5) is 4.79 Å². The Hall–Kier alpha value is -2.56. The Morgan fingerprint density at radius 1 is 1.13 bits per heavy atom. The van der Waals surface area contributed by atoms with Crippen LogP contribution in [0.1, 0.15) is 32.3 Å². The molecule has 4 rings (SSSR count). The Bertz CT molecular complexity index is 1460. The van der Waals surface area contributed by atoms with Gasteiger partial charge in [-0.1, -0.05) is 44.2 Å². The SMILES string of the molecule is COc1ccc(S(=O)(=O)N(C[C@@H](O)[C@H](Cc2ccccc2)NC(=O)OC2CO[C@H]3OCC[C@@H]23)CC(C)(C)CCOC=P(O)(O)O)cc1. The number of sulfonamides is 1. The summed E-state index contributed by atoms with van der Waals surface area (Å²) in [6, 6.07) is 14.1. The number of aliphatic hydroxyl groups is 1. The van der Waals surface area contributed by atoms with Crippen LogP contribution in [0, 0.1) is 11.3 Å². The summed E-state index contributed by atoms with van der Waals surface area (Å²) in [6.07, 6.45) is -1.94. The number of hydrogen-bond donors (Lipinski definition) is 5. The van der Waals surface area contributed by atoms with Crippen molar-refractivity contribution in [3.8, 4) is 5.75 Å². The maximum atomic E-state index is 14.0. The van der Waals surface area contributed by atoms with Crippen molar-refractivity contribution in [1.82, 2.24) is 9.62 Å². The third-order valence-corrected chi connectivity index (χ3v) is 10.4. The van der Waals surface area contributed by atoms with Crippen molar-refractivity contribution in [2.24, 2.45) is 11.3 Å². The Labute approximate surface area is 275 Å². The van der Waals surface area contributed by atoms with Crippen LogP contribution in [0.3, 0.4) is 0 Å². The van der Waals surface area contributed by atoms with Gasteiger partial charge in [-0.25, -0.2) is 13.2 Å². The van der Waals surface area contributed by atoms with E-state index >= 15 is 0 Å². The van der Waals surface area contributed by atoms with Crippen LogP contribution >= 0.6 is 7.57 Å². The molecule has 0 saturated carbocycles. The average molecular weight is 701 g/mol. The molecule has 2 aromatic carbocycles. The quantitative estimate of drug-likeness (QED) is 0.127. The number of rotatable bonds is 16. The van der Waals surface area contributed by atoms with E-state index < -0.39 is 53.6 Å². The molecule has 0 aromatic heterocycles.